The summed E-state index contributed by atoms with van der Waals surface area (Å²) in [6.45, 7) is 0. The highest BCUT2D eigenvalue weighted by Crippen LogP contribution is 2.24. The average molecular weight is 438 g/mol. The maximum Gasteiger partial charge on any atom is 0.231 e. The van der Waals surface area contributed by atoms with E-state index in [0.29, 0.717) is 16.8 Å². The molecule has 0 aliphatic carbocycles. The van der Waals surface area contributed by atoms with Crippen LogP contribution in [0.5, 0.6) is 0 Å². The first-order valence-corrected chi connectivity index (χ1v) is 9.68. The number of fused-ring (bicyclic) bond motifs is 1. The number of sulfonamides is 1. The van der Waals surface area contributed by atoms with Crippen LogP contribution in [0.4, 0.5) is 5.82 Å². The molecule has 0 amide bonds. The summed E-state index contributed by atoms with van der Waals surface area (Å²) in [6.07, 6.45) is 1.08. The highest BCUT2D eigenvalue weighted by atomic mass is 127. The van der Waals surface area contributed by atoms with Gasteiger partial charge < -0.3 is 0 Å². The number of aromatic nitrogens is 3. The van der Waals surface area contributed by atoms with Crippen LogP contribution in [0.1, 0.15) is 0 Å². The number of nitrogens with one attached hydrogen (secondary N) is 1. The number of hydrogen-bond acceptors (Lipinski definition) is 5. The summed E-state index contributed by atoms with van der Waals surface area (Å²) < 4.78 is 26.6. The van der Waals surface area contributed by atoms with E-state index < -0.39 is 10.0 Å². The van der Waals surface area contributed by atoms with Gasteiger partial charge in [0.1, 0.15) is 5.52 Å². The SMILES string of the molecule is Bc1nc(NS(C)(=O)=O)c2nc(-c3cccc(I)c3)ccc2n1. The summed E-state index contributed by atoms with van der Waals surface area (Å²) in [5.41, 5.74) is 3.19. The molecule has 1 aromatic carbocycles. The maximum atomic E-state index is 11.6. The fraction of sp³-hybridized carbons (Fsp3) is 0.0714. The lowest BCUT2D eigenvalue weighted by Gasteiger charge is -2.09. The molecule has 116 valence electrons. The van der Waals surface area contributed by atoms with E-state index in [2.05, 4.69) is 42.3 Å². The molecule has 6 nitrogen and oxygen atoms in total. The first-order chi connectivity index (χ1) is 10.8. The van der Waals surface area contributed by atoms with Crippen molar-refractivity contribution in [2.24, 2.45) is 0 Å². The van der Waals surface area contributed by atoms with Crippen molar-refractivity contribution in [2.45, 2.75) is 0 Å². The van der Waals surface area contributed by atoms with Gasteiger partial charge in [-0.05, 0) is 46.9 Å². The number of halogens is 1. The van der Waals surface area contributed by atoms with E-state index in [1.54, 1.807) is 7.85 Å². The largest absolute Gasteiger partial charge is 0.266 e. The van der Waals surface area contributed by atoms with Crippen molar-refractivity contribution in [3.05, 3.63) is 40.0 Å². The predicted octanol–water partition coefficient (Wildman–Crippen LogP) is 0.926. The first-order valence-electron chi connectivity index (χ1n) is 6.71. The van der Waals surface area contributed by atoms with Crippen LogP contribution in [0.3, 0.4) is 0 Å². The standard InChI is InChI=1S/C14H12BIN4O2S/c1-23(21,22)20-13-12-11(18-14(15)19-13)6-5-10(17-12)8-3-2-4-9(16)7-8/h2-7H,15H2,1H3,(H,18,19,20). The quantitative estimate of drug-likeness (QED) is 0.486. The van der Waals surface area contributed by atoms with Crippen LogP contribution < -0.4 is 10.4 Å². The number of benzene rings is 1. The minimum atomic E-state index is -3.45. The van der Waals surface area contributed by atoms with Gasteiger partial charge in [0, 0.05) is 9.13 Å². The molecule has 1 N–H and O–H groups in total. The van der Waals surface area contributed by atoms with Crippen LogP contribution in [0.15, 0.2) is 36.4 Å². The molecule has 23 heavy (non-hydrogen) atoms. The Morgan fingerprint density at radius 2 is 1.91 bits per heavy atom. The number of nitrogens with zero attached hydrogens (tertiary/aromatic N) is 3. The molecule has 0 bridgehead atoms. The number of hydrogen-bond donors (Lipinski definition) is 1. The molecule has 2 aromatic heterocycles. The molecule has 0 saturated heterocycles. The van der Waals surface area contributed by atoms with E-state index in [4.69, 9.17) is 0 Å². The molecule has 0 aliphatic rings. The summed E-state index contributed by atoms with van der Waals surface area (Å²) in [7, 11) is -1.74. The van der Waals surface area contributed by atoms with E-state index in [0.717, 1.165) is 21.1 Å². The Kier molecular flexibility index (Phi) is 4.24. The fourth-order valence-electron chi connectivity index (χ4n) is 2.19. The Labute approximate surface area is 148 Å². The zero-order valence-electron chi connectivity index (χ0n) is 12.4. The molecule has 2 heterocycles. The van der Waals surface area contributed by atoms with E-state index in [-0.39, 0.29) is 5.82 Å². The average Bonchev–Trinajstić information content (AvgIpc) is 2.45. The van der Waals surface area contributed by atoms with Crippen molar-refractivity contribution in [2.75, 3.05) is 11.0 Å². The molecule has 3 rings (SSSR count). The van der Waals surface area contributed by atoms with Gasteiger partial charge in [-0.3, -0.25) is 4.72 Å². The molecule has 0 atom stereocenters. The Morgan fingerprint density at radius 3 is 2.61 bits per heavy atom. The van der Waals surface area contributed by atoms with Crippen LogP contribution in [-0.2, 0) is 10.0 Å². The highest BCUT2D eigenvalue weighted by molar-refractivity contribution is 14.1. The second kappa shape index (κ2) is 6.04. The van der Waals surface area contributed by atoms with E-state index >= 15 is 0 Å². The van der Waals surface area contributed by atoms with Crippen LogP contribution in [0, 0.1) is 3.57 Å². The van der Waals surface area contributed by atoms with Crippen molar-refractivity contribution < 1.29 is 8.42 Å². The van der Waals surface area contributed by atoms with Crippen LogP contribution >= 0.6 is 22.6 Å². The smallest absolute Gasteiger partial charge is 0.231 e. The summed E-state index contributed by atoms with van der Waals surface area (Å²) >= 11 is 2.23. The summed E-state index contributed by atoms with van der Waals surface area (Å²) in [5, 5.41) is 0. The molecule has 3 aromatic rings. The van der Waals surface area contributed by atoms with Crippen LogP contribution in [-0.4, -0.2) is 37.5 Å². The Bertz CT molecular complexity index is 1010. The van der Waals surface area contributed by atoms with Crippen LogP contribution in [0.25, 0.3) is 22.3 Å². The van der Waals surface area contributed by atoms with Gasteiger partial charge in [0.2, 0.25) is 10.0 Å². The minimum absolute atomic E-state index is 0.197. The normalized spacial score (nSPS) is 11.6. The van der Waals surface area contributed by atoms with E-state index in [1.807, 2.05) is 36.4 Å². The highest BCUT2D eigenvalue weighted by Gasteiger charge is 2.12. The molecule has 0 radical (unpaired) electrons. The van der Waals surface area contributed by atoms with Crippen molar-refractivity contribution in [3.63, 3.8) is 0 Å². The van der Waals surface area contributed by atoms with Crippen molar-refractivity contribution in [3.8, 4) is 11.3 Å². The topological polar surface area (TPSA) is 84.8 Å². The van der Waals surface area contributed by atoms with Gasteiger partial charge in [-0.1, -0.05) is 12.1 Å². The number of rotatable bonds is 3. The second-order valence-electron chi connectivity index (χ2n) is 5.07. The zero-order chi connectivity index (χ0) is 16.6. The zero-order valence-corrected chi connectivity index (χ0v) is 15.4. The van der Waals surface area contributed by atoms with Crippen molar-refractivity contribution >= 4 is 63.0 Å². The van der Waals surface area contributed by atoms with E-state index in [1.165, 1.54) is 0 Å². The van der Waals surface area contributed by atoms with Gasteiger partial charge in [0.15, 0.2) is 13.7 Å². The van der Waals surface area contributed by atoms with E-state index in [9.17, 15) is 8.42 Å². The molecule has 9 heteroatoms. The first kappa shape index (κ1) is 16.1. The molecule has 0 saturated carbocycles. The fourth-order valence-corrected chi connectivity index (χ4v) is 3.22. The molecule has 0 fully saturated rings. The minimum Gasteiger partial charge on any atom is -0.266 e. The molecule has 0 unspecified atom stereocenters. The molecular formula is C14H12BIN4O2S. The van der Waals surface area contributed by atoms with Crippen LogP contribution in [0.2, 0.25) is 0 Å². The van der Waals surface area contributed by atoms with Gasteiger partial charge in [0.05, 0.1) is 23.2 Å². The molecule has 0 spiro atoms. The van der Waals surface area contributed by atoms with Gasteiger partial charge in [0.25, 0.3) is 0 Å². The van der Waals surface area contributed by atoms with Crippen molar-refractivity contribution in [1.82, 2.24) is 15.0 Å². The van der Waals surface area contributed by atoms with Gasteiger partial charge in [-0.25, -0.2) is 23.4 Å². The third kappa shape index (κ3) is 3.78. The van der Waals surface area contributed by atoms with Crippen molar-refractivity contribution in [1.29, 1.82) is 0 Å². The molecular weight excluding hydrogens is 426 g/mol. The van der Waals surface area contributed by atoms with Gasteiger partial charge in [-0.2, -0.15) is 0 Å². The maximum absolute atomic E-state index is 11.6. The summed E-state index contributed by atoms with van der Waals surface area (Å²) in [5.74, 6) is 0.197. The number of anilines is 1. The third-order valence-corrected chi connectivity index (χ3v) is 4.29. The lowest BCUT2D eigenvalue weighted by atomic mass is 10.1. The third-order valence-electron chi connectivity index (χ3n) is 3.06. The Balaban J connectivity index is 2.21. The number of pyridine rings is 1. The van der Waals surface area contributed by atoms with Gasteiger partial charge >= 0.3 is 0 Å². The monoisotopic (exact) mass is 438 g/mol. The summed E-state index contributed by atoms with van der Waals surface area (Å²) in [4.78, 5) is 13.0. The lowest BCUT2D eigenvalue weighted by Crippen LogP contribution is -2.19. The Hall–Kier alpha value is -1.75. The second-order valence-corrected chi connectivity index (χ2v) is 8.06. The van der Waals surface area contributed by atoms with Gasteiger partial charge in [-0.15, -0.1) is 0 Å². The summed E-state index contributed by atoms with van der Waals surface area (Å²) in [6, 6.07) is 11.6. The lowest BCUT2D eigenvalue weighted by molar-refractivity contribution is 0.606. The Morgan fingerprint density at radius 1 is 1.13 bits per heavy atom. The predicted molar refractivity (Wildman–Crippen MR) is 102 cm³/mol. The molecule has 0 aliphatic heterocycles.